The summed E-state index contributed by atoms with van der Waals surface area (Å²) in [5, 5.41) is 2.78. The molecular formula is C8H7ClN2O. The van der Waals surface area contributed by atoms with E-state index in [4.69, 9.17) is 11.6 Å². The molecule has 62 valence electrons. The van der Waals surface area contributed by atoms with Crippen LogP contribution in [-0.2, 0) is 4.79 Å². The van der Waals surface area contributed by atoms with Gasteiger partial charge in [0.25, 0.3) is 0 Å². The van der Waals surface area contributed by atoms with Gasteiger partial charge in [0, 0.05) is 6.20 Å². The van der Waals surface area contributed by atoms with Gasteiger partial charge in [-0.25, -0.2) is 4.98 Å². The van der Waals surface area contributed by atoms with E-state index in [0.717, 1.165) is 0 Å². The third-order valence-electron chi connectivity index (χ3n) is 1.20. The zero-order valence-electron chi connectivity index (χ0n) is 6.25. The minimum atomic E-state index is -0.301. The van der Waals surface area contributed by atoms with Crippen molar-refractivity contribution in [3.05, 3.63) is 36.1 Å². The van der Waals surface area contributed by atoms with Crippen molar-refractivity contribution < 1.29 is 4.79 Å². The number of anilines is 1. The van der Waals surface area contributed by atoms with Crippen molar-refractivity contribution in [3.63, 3.8) is 0 Å². The summed E-state index contributed by atoms with van der Waals surface area (Å²) in [7, 11) is 0. The number of pyridine rings is 1. The van der Waals surface area contributed by atoms with E-state index in [-0.39, 0.29) is 11.1 Å². The molecular weight excluding hydrogens is 176 g/mol. The Morgan fingerprint density at radius 3 is 3.08 bits per heavy atom. The van der Waals surface area contributed by atoms with E-state index >= 15 is 0 Å². The standard InChI is InChI=1S/C8H7ClN2O/c1-2-7(12)11-6-4-3-5-10-8(6)9/h2-5H,1H2,(H,11,12). The van der Waals surface area contributed by atoms with Crippen LogP contribution in [0.15, 0.2) is 31.0 Å². The van der Waals surface area contributed by atoms with Gasteiger partial charge in [0.15, 0.2) is 5.15 Å². The molecule has 1 rings (SSSR count). The Kier molecular flexibility index (Phi) is 2.82. The lowest BCUT2D eigenvalue weighted by Crippen LogP contribution is -2.07. The number of nitrogens with one attached hydrogen (secondary N) is 1. The average molecular weight is 183 g/mol. The molecule has 3 nitrogen and oxygen atoms in total. The van der Waals surface area contributed by atoms with E-state index in [1.54, 1.807) is 18.3 Å². The summed E-state index contributed by atoms with van der Waals surface area (Å²) in [5.41, 5.74) is 0.490. The first-order chi connectivity index (χ1) is 5.74. The molecule has 1 aromatic rings. The van der Waals surface area contributed by atoms with Gasteiger partial charge in [0.2, 0.25) is 5.91 Å². The molecule has 1 amide bonds. The third-order valence-corrected chi connectivity index (χ3v) is 1.50. The number of aromatic nitrogens is 1. The van der Waals surface area contributed by atoms with Crippen LogP contribution < -0.4 is 5.32 Å². The third kappa shape index (κ3) is 2.07. The van der Waals surface area contributed by atoms with Gasteiger partial charge < -0.3 is 5.32 Å². The van der Waals surface area contributed by atoms with Crippen LogP contribution in [-0.4, -0.2) is 10.9 Å². The van der Waals surface area contributed by atoms with Crippen molar-refractivity contribution in [1.82, 2.24) is 4.98 Å². The lowest BCUT2D eigenvalue weighted by molar-refractivity contribution is -0.111. The van der Waals surface area contributed by atoms with Crippen LogP contribution in [0.25, 0.3) is 0 Å². The largest absolute Gasteiger partial charge is 0.320 e. The Balaban J connectivity index is 2.82. The van der Waals surface area contributed by atoms with E-state index in [1.807, 2.05) is 0 Å². The highest BCUT2D eigenvalue weighted by molar-refractivity contribution is 6.32. The number of carbonyl (C=O) groups excluding carboxylic acids is 1. The van der Waals surface area contributed by atoms with Gasteiger partial charge in [-0.2, -0.15) is 0 Å². The van der Waals surface area contributed by atoms with E-state index in [9.17, 15) is 4.79 Å². The number of carbonyl (C=O) groups is 1. The van der Waals surface area contributed by atoms with E-state index in [1.165, 1.54) is 6.08 Å². The molecule has 1 heterocycles. The molecule has 0 atom stereocenters. The van der Waals surface area contributed by atoms with Crippen molar-refractivity contribution >= 4 is 23.2 Å². The predicted octanol–water partition coefficient (Wildman–Crippen LogP) is 1.86. The first-order valence-corrected chi connectivity index (χ1v) is 3.66. The quantitative estimate of drug-likeness (QED) is 0.561. The second-order valence-electron chi connectivity index (χ2n) is 2.04. The Morgan fingerprint density at radius 1 is 1.75 bits per heavy atom. The van der Waals surface area contributed by atoms with E-state index in [0.29, 0.717) is 5.69 Å². The molecule has 0 radical (unpaired) electrons. The topological polar surface area (TPSA) is 42.0 Å². The fraction of sp³-hybridized carbons (Fsp3) is 0. The highest BCUT2D eigenvalue weighted by atomic mass is 35.5. The summed E-state index contributed by atoms with van der Waals surface area (Å²) >= 11 is 5.67. The second-order valence-corrected chi connectivity index (χ2v) is 2.39. The Morgan fingerprint density at radius 2 is 2.50 bits per heavy atom. The average Bonchev–Trinajstić information content (AvgIpc) is 2.09. The van der Waals surface area contributed by atoms with Crippen molar-refractivity contribution in [2.24, 2.45) is 0 Å². The Hall–Kier alpha value is -1.35. The number of amides is 1. The van der Waals surface area contributed by atoms with Crippen LogP contribution in [0.4, 0.5) is 5.69 Å². The maximum absolute atomic E-state index is 10.8. The smallest absolute Gasteiger partial charge is 0.247 e. The Labute approximate surface area is 75.1 Å². The zero-order valence-corrected chi connectivity index (χ0v) is 7.01. The summed E-state index contributed by atoms with van der Waals surface area (Å²) in [5.74, 6) is -0.301. The van der Waals surface area contributed by atoms with Gasteiger partial charge in [-0.1, -0.05) is 18.2 Å². The normalized spacial score (nSPS) is 9.08. The molecule has 0 aliphatic heterocycles. The van der Waals surface area contributed by atoms with Crippen LogP contribution in [0.1, 0.15) is 0 Å². The monoisotopic (exact) mass is 182 g/mol. The summed E-state index contributed by atoms with van der Waals surface area (Å²) in [6.45, 7) is 3.31. The number of hydrogen-bond acceptors (Lipinski definition) is 2. The fourth-order valence-electron chi connectivity index (χ4n) is 0.663. The molecule has 0 fully saturated rings. The molecule has 1 aromatic heterocycles. The van der Waals surface area contributed by atoms with Gasteiger partial charge >= 0.3 is 0 Å². The zero-order chi connectivity index (χ0) is 8.97. The summed E-state index contributed by atoms with van der Waals surface area (Å²) < 4.78 is 0. The predicted molar refractivity (Wildman–Crippen MR) is 48.1 cm³/mol. The van der Waals surface area contributed by atoms with Crippen LogP contribution in [0, 0.1) is 0 Å². The summed E-state index contributed by atoms with van der Waals surface area (Å²) in [4.78, 5) is 14.6. The molecule has 0 unspecified atom stereocenters. The molecule has 0 saturated carbocycles. The highest BCUT2D eigenvalue weighted by Crippen LogP contribution is 2.16. The number of hydrogen-bond donors (Lipinski definition) is 1. The van der Waals surface area contributed by atoms with Gasteiger partial charge in [-0.05, 0) is 18.2 Å². The fourth-order valence-corrected chi connectivity index (χ4v) is 0.830. The molecule has 0 aliphatic rings. The lowest BCUT2D eigenvalue weighted by atomic mass is 10.4. The summed E-state index contributed by atoms with van der Waals surface area (Å²) in [6, 6.07) is 3.35. The van der Waals surface area contributed by atoms with Gasteiger partial charge in [-0.3, -0.25) is 4.79 Å². The van der Waals surface area contributed by atoms with Crippen molar-refractivity contribution in [1.29, 1.82) is 0 Å². The van der Waals surface area contributed by atoms with Crippen LogP contribution in [0.2, 0.25) is 5.15 Å². The summed E-state index contributed by atoms with van der Waals surface area (Å²) in [6.07, 6.45) is 2.72. The van der Waals surface area contributed by atoms with E-state index < -0.39 is 0 Å². The maximum Gasteiger partial charge on any atom is 0.247 e. The minimum Gasteiger partial charge on any atom is -0.320 e. The molecule has 0 aliphatic carbocycles. The molecule has 0 saturated heterocycles. The number of nitrogens with zero attached hydrogens (tertiary/aromatic N) is 1. The minimum absolute atomic E-state index is 0.271. The molecule has 12 heavy (non-hydrogen) atoms. The van der Waals surface area contributed by atoms with Crippen LogP contribution in [0.5, 0.6) is 0 Å². The van der Waals surface area contributed by atoms with Gasteiger partial charge in [0.05, 0.1) is 5.69 Å². The lowest BCUT2D eigenvalue weighted by Gasteiger charge is -2.01. The highest BCUT2D eigenvalue weighted by Gasteiger charge is 2.01. The molecule has 0 aromatic carbocycles. The van der Waals surface area contributed by atoms with Crippen LogP contribution >= 0.6 is 11.6 Å². The number of rotatable bonds is 2. The van der Waals surface area contributed by atoms with Crippen molar-refractivity contribution in [3.8, 4) is 0 Å². The molecule has 1 N–H and O–H groups in total. The first kappa shape index (κ1) is 8.74. The first-order valence-electron chi connectivity index (χ1n) is 3.28. The van der Waals surface area contributed by atoms with E-state index in [2.05, 4.69) is 16.9 Å². The van der Waals surface area contributed by atoms with Crippen molar-refractivity contribution in [2.45, 2.75) is 0 Å². The SMILES string of the molecule is C=CC(=O)Nc1cccnc1Cl. The maximum atomic E-state index is 10.8. The molecule has 4 heteroatoms. The van der Waals surface area contributed by atoms with Crippen molar-refractivity contribution in [2.75, 3.05) is 5.32 Å². The van der Waals surface area contributed by atoms with Gasteiger partial charge in [-0.15, -0.1) is 0 Å². The second kappa shape index (κ2) is 3.88. The van der Waals surface area contributed by atoms with Gasteiger partial charge in [0.1, 0.15) is 0 Å². The Bertz CT molecular complexity index is 312. The molecule has 0 spiro atoms. The number of halogens is 1. The van der Waals surface area contributed by atoms with Crippen LogP contribution in [0.3, 0.4) is 0 Å². The molecule has 0 bridgehead atoms.